The van der Waals surface area contributed by atoms with Crippen LogP contribution in [0.4, 0.5) is 5.69 Å². The third-order valence-electron chi connectivity index (χ3n) is 2.00. The van der Waals surface area contributed by atoms with Crippen molar-refractivity contribution in [2.45, 2.75) is 20.0 Å². The van der Waals surface area contributed by atoms with Gasteiger partial charge in [0.25, 0.3) is 0 Å². The summed E-state index contributed by atoms with van der Waals surface area (Å²) in [5.74, 6) is -0.447. The predicted molar refractivity (Wildman–Crippen MR) is 61.1 cm³/mol. The third-order valence-corrected chi connectivity index (χ3v) is 2.00. The van der Waals surface area contributed by atoms with Gasteiger partial charge in [0.1, 0.15) is 5.78 Å². The number of carbonyl (C=O) groups excluding carboxylic acids is 2. The highest BCUT2D eigenvalue weighted by atomic mass is 16.5. The fraction of sp³-hybridized carbons (Fsp3) is 0.333. The molecule has 86 valence electrons. The zero-order valence-corrected chi connectivity index (χ0v) is 9.45. The summed E-state index contributed by atoms with van der Waals surface area (Å²) in [4.78, 5) is 22.2. The van der Waals surface area contributed by atoms with E-state index in [1.807, 2.05) is 18.2 Å². The summed E-state index contributed by atoms with van der Waals surface area (Å²) in [5.41, 5.74) is 1.58. The maximum atomic E-state index is 11.4. The zero-order valence-electron chi connectivity index (χ0n) is 9.45. The summed E-state index contributed by atoms with van der Waals surface area (Å²) in [5, 5.41) is 2.69. The monoisotopic (exact) mass is 221 g/mol. The number of anilines is 1. The first kappa shape index (κ1) is 12.4. The minimum Gasteiger partial charge on any atom is -0.380 e. The molecule has 16 heavy (non-hydrogen) atoms. The second kappa shape index (κ2) is 6.02. The Kier molecular flexibility index (Phi) is 4.66. The lowest BCUT2D eigenvalue weighted by atomic mass is 10.2. The van der Waals surface area contributed by atoms with Gasteiger partial charge in [0.05, 0.1) is 13.0 Å². The number of hydrogen-bond donors (Lipinski definition) is 1. The van der Waals surface area contributed by atoms with Crippen molar-refractivity contribution in [1.82, 2.24) is 0 Å². The lowest BCUT2D eigenvalue weighted by Crippen LogP contribution is -2.15. The van der Waals surface area contributed by atoms with E-state index < -0.39 is 0 Å². The third kappa shape index (κ3) is 3.82. The average Bonchev–Trinajstić information content (AvgIpc) is 2.20. The molecule has 4 nitrogen and oxygen atoms in total. The second-order valence-electron chi connectivity index (χ2n) is 3.52. The van der Waals surface area contributed by atoms with Crippen LogP contribution in [0.2, 0.25) is 0 Å². The number of para-hydroxylation sites is 1. The van der Waals surface area contributed by atoms with Crippen molar-refractivity contribution in [3.63, 3.8) is 0 Å². The maximum absolute atomic E-state index is 11.4. The molecule has 0 heterocycles. The number of amides is 1. The Morgan fingerprint density at radius 2 is 2.00 bits per heavy atom. The Bertz CT molecular complexity index is 388. The van der Waals surface area contributed by atoms with Crippen molar-refractivity contribution in [3.05, 3.63) is 29.8 Å². The van der Waals surface area contributed by atoms with E-state index in [9.17, 15) is 9.59 Å². The largest absolute Gasteiger partial charge is 0.380 e. The van der Waals surface area contributed by atoms with Gasteiger partial charge in [-0.1, -0.05) is 18.2 Å². The number of rotatable bonds is 5. The molecule has 0 atom stereocenters. The van der Waals surface area contributed by atoms with Crippen LogP contribution in [-0.2, 0) is 20.9 Å². The van der Waals surface area contributed by atoms with E-state index >= 15 is 0 Å². The fourth-order valence-corrected chi connectivity index (χ4v) is 1.34. The first-order chi connectivity index (χ1) is 7.63. The first-order valence-corrected chi connectivity index (χ1v) is 4.99. The molecule has 0 aliphatic heterocycles. The lowest BCUT2D eigenvalue weighted by molar-refractivity contribution is -0.124. The highest BCUT2D eigenvalue weighted by molar-refractivity contribution is 6.03. The Morgan fingerprint density at radius 3 is 2.62 bits per heavy atom. The van der Waals surface area contributed by atoms with Crippen LogP contribution >= 0.6 is 0 Å². The van der Waals surface area contributed by atoms with E-state index in [0.29, 0.717) is 12.3 Å². The molecule has 0 fully saturated rings. The molecule has 4 heteroatoms. The van der Waals surface area contributed by atoms with Gasteiger partial charge in [-0.2, -0.15) is 0 Å². The van der Waals surface area contributed by atoms with E-state index in [1.165, 1.54) is 6.92 Å². The zero-order chi connectivity index (χ0) is 12.0. The molecule has 0 radical (unpaired) electrons. The van der Waals surface area contributed by atoms with Gasteiger partial charge in [-0.25, -0.2) is 0 Å². The number of benzene rings is 1. The number of ketones is 1. The fourth-order valence-electron chi connectivity index (χ4n) is 1.34. The van der Waals surface area contributed by atoms with Crippen LogP contribution < -0.4 is 5.32 Å². The molecule has 1 aromatic rings. The molecule has 1 amide bonds. The average molecular weight is 221 g/mol. The number of methoxy groups -OCH3 is 1. The molecule has 1 N–H and O–H groups in total. The SMILES string of the molecule is COCc1ccccc1NC(=O)CC(C)=O. The van der Waals surface area contributed by atoms with Crippen molar-refractivity contribution >= 4 is 17.4 Å². The van der Waals surface area contributed by atoms with Crippen LogP contribution in [0.15, 0.2) is 24.3 Å². The second-order valence-corrected chi connectivity index (χ2v) is 3.52. The molecule has 0 spiro atoms. The highest BCUT2D eigenvalue weighted by Crippen LogP contribution is 2.15. The number of Topliss-reactive ketones (excluding diaryl/α,β-unsaturated/α-hetero) is 1. The molecule has 0 aromatic heterocycles. The van der Waals surface area contributed by atoms with Crippen molar-refractivity contribution in [1.29, 1.82) is 0 Å². The molecule has 0 bridgehead atoms. The Labute approximate surface area is 94.6 Å². The first-order valence-electron chi connectivity index (χ1n) is 4.99. The smallest absolute Gasteiger partial charge is 0.231 e. The highest BCUT2D eigenvalue weighted by Gasteiger charge is 2.08. The molecule has 0 saturated heterocycles. The topological polar surface area (TPSA) is 55.4 Å². The van der Waals surface area contributed by atoms with E-state index in [1.54, 1.807) is 13.2 Å². The summed E-state index contributed by atoms with van der Waals surface area (Å²) < 4.78 is 5.01. The molecular formula is C12H15NO3. The number of carbonyl (C=O) groups is 2. The Hall–Kier alpha value is -1.68. The minimum atomic E-state index is -0.295. The summed E-state index contributed by atoms with van der Waals surface area (Å²) in [6.45, 7) is 1.82. The Balaban J connectivity index is 2.72. The minimum absolute atomic E-state index is 0.0959. The summed E-state index contributed by atoms with van der Waals surface area (Å²) in [7, 11) is 1.59. The number of nitrogens with one attached hydrogen (secondary N) is 1. The van der Waals surface area contributed by atoms with Crippen LogP contribution in [0.5, 0.6) is 0 Å². The van der Waals surface area contributed by atoms with Gasteiger partial charge in [-0.15, -0.1) is 0 Å². The van der Waals surface area contributed by atoms with Gasteiger partial charge < -0.3 is 10.1 Å². The molecule has 0 aliphatic rings. The Morgan fingerprint density at radius 1 is 1.31 bits per heavy atom. The normalized spacial score (nSPS) is 9.88. The molecule has 0 saturated carbocycles. The van der Waals surface area contributed by atoms with Crippen molar-refractivity contribution in [3.8, 4) is 0 Å². The van der Waals surface area contributed by atoms with Gasteiger partial charge in [-0.3, -0.25) is 9.59 Å². The molecule has 0 unspecified atom stereocenters. The van der Waals surface area contributed by atoms with Gasteiger partial charge in [-0.05, 0) is 13.0 Å². The van der Waals surface area contributed by atoms with Gasteiger partial charge in [0.15, 0.2) is 0 Å². The van der Waals surface area contributed by atoms with Crippen LogP contribution in [0.25, 0.3) is 0 Å². The summed E-state index contributed by atoms with van der Waals surface area (Å²) in [6, 6.07) is 7.34. The van der Waals surface area contributed by atoms with E-state index in [-0.39, 0.29) is 18.1 Å². The molecule has 1 aromatic carbocycles. The van der Waals surface area contributed by atoms with Crippen molar-refractivity contribution < 1.29 is 14.3 Å². The molecule has 0 aliphatic carbocycles. The number of hydrogen-bond acceptors (Lipinski definition) is 3. The van der Waals surface area contributed by atoms with Gasteiger partial charge >= 0.3 is 0 Å². The maximum Gasteiger partial charge on any atom is 0.231 e. The summed E-state index contributed by atoms with van der Waals surface area (Å²) in [6.07, 6.45) is -0.0959. The van der Waals surface area contributed by atoms with Crippen molar-refractivity contribution in [2.24, 2.45) is 0 Å². The van der Waals surface area contributed by atoms with Crippen LogP contribution in [0.1, 0.15) is 18.9 Å². The van der Waals surface area contributed by atoms with Crippen LogP contribution in [0.3, 0.4) is 0 Å². The molecule has 1 rings (SSSR count). The van der Waals surface area contributed by atoms with E-state index in [0.717, 1.165) is 5.56 Å². The quantitative estimate of drug-likeness (QED) is 0.771. The van der Waals surface area contributed by atoms with E-state index in [4.69, 9.17) is 4.74 Å². The van der Waals surface area contributed by atoms with Crippen LogP contribution in [-0.4, -0.2) is 18.8 Å². The van der Waals surface area contributed by atoms with Gasteiger partial charge in [0, 0.05) is 18.4 Å². The standard InChI is InChI=1S/C12H15NO3/c1-9(14)7-12(15)13-11-6-4-3-5-10(11)8-16-2/h3-6H,7-8H2,1-2H3,(H,13,15). The van der Waals surface area contributed by atoms with Crippen LogP contribution in [0, 0.1) is 0 Å². The molecular weight excluding hydrogens is 206 g/mol. The van der Waals surface area contributed by atoms with Crippen molar-refractivity contribution in [2.75, 3.05) is 12.4 Å². The van der Waals surface area contributed by atoms with Gasteiger partial charge in [0.2, 0.25) is 5.91 Å². The summed E-state index contributed by atoms with van der Waals surface area (Å²) >= 11 is 0. The van der Waals surface area contributed by atoms with E-state index in [2.05, 4.69) is 5.32 Å². The number of ether oxygens (including phenoxy) is 1. The predicted octanol–water partition coefficient (Wildman–Crippen LogP) is 1.75. The lowest BCUT2D eigenvalue weighted by Gasteiger charge is -2.09.